The zero-order valence-electron chi connectivity index (χ0n) is 16.4. The maximum Gasteiger partial charge on any atom is 0.129 e. The normalized spacial score (nSPS) is 24.8. The summed E-state index contributed by atoms with van der Waals surface area (Å²) in [5, 5.41) is 9.18. The monoisotopic (exact) mass is 372 g/mol. The standard InChI is InChI=1S/C24H28N4/c25-16-19-8-11-26-23(14-19)27-12-9-24(10-13-27)15-21(20-4-2-1-3-5-20)17-28(18-24)22-6-7-22/h1-5,8,11,14,21-22H,6-7,9-10,12-13,15,17-18H2/t21-/m1/s1. The number of hydrogen-bond acceptors (Lipinski definition) is 4. The van der Waals surface area contributed by atoms with Crippen molar-refractivity contribution in [1.29, 1.82) is 5.26 Å². The second kappa shape index (κ2) is 7.22. The molecule has 28 heavy (non-hydrogen) atoms. The van der Waals surface area contributed by atoms with Gasteiger partial charge in [-0.15, -0.1) is 0 Å². The highest BCUT2D eigenvalue weighted by atomic mass is 15.2. The molecule has 0 amide bonds. The summed E-state index contributed by atoms with van der Waals surface area (Å²) in [7, 11) is 0. The fraction of sp³-hybridized carbons (Fsp3) is 0.500. The Labute approximate surface area is 167 Å². The highest BCUT2D eigenvalue weighted by Gasteiger charge is 2.45. The van der Waals surface area contributed by atoms with Gasteiger partial charge in [-0.2, -0.15) is 5.26 Å². The van der Waals surface area contributed by atoms with Gasteiger partial charge in [0.25, 0.3) is 0 Å². The van der Waals surface area contributed by atoms with Crippen LogP contribution in [-0.2, 0) is 0 Å². The minimum atomic E-state index is 0.421. The molecule has 3 aliphatic rings. The molecule has 144 valence electrons. The molecule has 2 aromatic rings. The SMILES string of the molecule is N#Cc1ccnc(N2CCC3(CC2)C[C@@H](c2ccccc2)CN(C2CC2)C3)c1. The van der Waals surface area contributed by atoms with Gasteiger partial charge in [0.2, 0.25) is 0 Å². The Hall–Kier alpha value is -2.38. The molecule has 3 fully saturated rings. The number of rotatable bonds is 3. The molecule has 1 aromatic carbocycles. The molecule has 1 spiro atoms. The first-order chi connectivity index (χ1) is 13.7. The molecule has 5 rings (SSSR count). The lowest BCUT2D eigenvalue weighted by molar-refractivity contribution is 0.0460. The first-order valence-corrected chi connectivity index (χ1v) is 10.6. The van der Waals surface area contributed by atoms with Crippen molar-refractivity contribution in [3.05, 3.63) is 59.8 Å². The van der Waals surface area contributed by atoms with Gasteiger partial charge in [-0.25, -0.2) is 4.98 Å². The third-order valence-corrected chi connectivity index (χ3v) is 7.03. The van der Waals surface area contributed by atoms with E-state index in [-0.39, 0.29) is 0 Å². The molecular weight excluding hydrogens is 344 g/mol. The highest BCUT2D eigenvalue weighted by Crippen LogP contribution is 2.47. The Morgan fingerprint density at radius 1 is 1.07 bits per heavy atom. The van der Waals surface area contributed by atoms with E-state index in [4.69, 9.17) is 0 Å². The van der Waals surface area contributed by atoms with Crippen LogP contribution in [0.1, 0.15) is 49.1 Å². The van der Waals surface area contributed by atoms with Gasteiger partial charge in [-0.1, -0.05) is 30.3 Å². The summed E-state index contributed by atoms with van der Waals surface area (Å²) in [6.45, 7) is 4.58. The van der Waals surface area contributed by atoms with Gasteiger partial charge in [-0.05, 0) is 61.1 Å². The Morgan fingerprint density at radius 3 is 2.57 bits per heavy atom. The Morgan fingerprint density at radius 2 is 1.86 bits per heavy atom. The number of nitrogens with zero attached hydrogens (tertiary/aromatic N) is 4. The van der Waals surface area contributed by atoms with Gasteiger partial charge in [0.1, 0.15) is 5.82 Å². The van der Waals surface area contributed by atoms with Crippen molar-refractivity contribution in [1.82, 2.24) is 9.88 Å². The number of aromatic nitrogens is 1. The maximum absolute atomic E-state index is 9.18. The number of nitriles is 1. The summed E-state index contributed by atoms with van der Waals surface area (Å²) in [6, 6.07) is 17.9. The molecule has 4 nitrogen and oxygen atoms in total. The second-order valence-corrected chi connectivity index (χ2v) is 8.97. The molecular formula is C24H28N4. The highest BCUT2D eigenvalue weighted by molar-refractivity contribution is 5.45. The first kappa shape index (κ1) is 17.7. The molecule has 0 radical (unpaired) electrons. The molecule has 1 saturated carbocycles. The molecule has 0 N–H and O–H groups in total. The molecule has 2 aliphatic heterocycles. The van der Waals surface area contributed by atoms with Crippen LogP contribution in [0.25, 0.3) is 0 Å². The predicted molar refractivity (Wildman–Crippen MR) is 111 cm³/mol. The van der Waals surface area contributed by atoms with Crippen LogP contribution in [0.2, 0.25) is 0 Å². The van der Waals surface area contributed by atoms with E-state index in [2.05, 4.69) is 51.2 Å². The second-order valence-electron chi connectivity index (χ2n) is 8.97. The van der Waals surface area contributed by atoms with Crippen LogP contribution in [0.5, 0.6) is 0 Å². The first-order valence-electron chi connectivity index (χ1n) is 10.6. The van der Waals surface area contributed by atoms with Gasteiger partial charge >= 0.3 is 0 Å². The van der Waals surface area contributed by atoms with Gasteiger partial charge in [-0.3, -0.25) is 4.90 Å². The molecule has 1 aromatic heterocycles. The van der Waals surface area contributed by atoms with Gasteiger partial charge < -0.3 is 4.90 Å². The minimum absolute atomic E-state index is 0.421. The van der Waals surface area contributed by atoms with Crippen LogP contribution in [0.3, 0.4) is 0 Å². The largest absolute Gasteiger partial charge is 0.357 e. The molecule has 1 aliphatic carbocycles. The lowest BCUT2D eigenvalue weighted by Gasteiger charge is -2.51. The molecule has 0 unspecified atom stereocenters. The lowest BCUT2D eigenvalue weighted by Crippen LogP contribution is -2.52. The number of benzene rings is 1. The molecule has 1 atom stereocenters. The Bertz CT molecular complexity index is 860. The van der Waals surface area contributed by atoms with Crippen molar-refractivity contribution in [3.8, 4) is 6.07 Å². The Kier molecular flexibility index (Phi) is 4.56. The van der Waals surface area contributed by atoms with Crippen molar-refractivity contribution in [2.45, 2.75) is 44.1 Å². The summed E-state index contributed by atoms with van der Waals surface area (Å²) in [5.41, 5.74) is 2.63. The van der Waals surface area contributed by atoms with Crippen LogP contribution in [0.15, 0.2) is 48.7 Å². The van der Waals surface area contributed by atoms with Gasteiger partial charge in [0.15, 0.2) is 0 Å². The third-order valence-electron chi connectivity index (χ3n) is 7.03. The topological polar surface area (TPSA) is 43.2 Å². The maximum atomic E-state index is 9.18. The number of anilines is 1. The van der Waals surface area contributed by atoms with E-state index in [9.17, 15) is 5.26 Å². The van der Waals surface area contributed by atoms with Crippen LogP contribution < -0.4 is 4.90 Å². The van der Waals surface area contributed by atoms with E-state index in [1.165, 1.54) is 50.8 Å². The summed E-state index contributed by atoms with van der Waals surface area (Å²) >= 11 is 0. The van der Waals surface area contributed by atoms with E-state index in [0.717, 1.165) is 24.9 Å². The van der Waals surface area contributed by atoms with Crippen molar-refractivity contribution in [3.63, 3.8) is 0 Å². The molecule has 0 bridgehead atoms. The number of likely N-dealkylation sites (tertiary alicyclic amines) is 1. The summed E-state index contributed by atoms with van der Waals surface area (Å²) in [6.07, 6.45) is 8.28. The number of piperidine rings is 2. The molecule has 4 heteroatoms. The average molecular weight is 373 g/mol. The molecule has 2 saturated heterocycles. The zero-order chi connectivity index (χ0) is 19.0. The fourth-order valence-corrected chi connectivity index (χ4v) is 5.33. The number of pyridine rings is 1. The summed E-state index contributed by atoms with van der Waals surface area (Å²) in [4.78, 5) is 9.70. The van der Waals surface area contributed by atoms with Gasteiger partial charge in [0.05, 0.1) is 11.6 Å². The van der Waals surface area contributed by atoms with Gasteiger partial charge in [0, 0.05) is 38.4 Å². The quantitative estimate of drug-likeness (QED) is 0.810. The lowest BCUT2D eigenvalue weighted by atomic mass is 9.68. The summed E-state index contributed by atoms with van der Waals surface area (Å²) < 4.78 is 0. The predicted octanol–water partition coefficient (Wildman–Crippen LogP) is 4.19. The zero-order valence-corrected chi connectivity index (χ0v) is 16.4. The molecule has 3 heterocycles. The van der Waals surface area contributed by atoms with E-state index in [0.29, 0.717) is 16.9 Å². The Balaban J connectivity index is 1.33. The van der Waals surface area contributed by atoms with Crippen molar-refractivity contribution in [2.24, 2.45) is 5.41 Å². The van der Waals surface area contributed by atoms with Crippen molar-refractivity contribution < 1.29 is 0 Å². The van der Waals surface area contributed by atoms with Crippen LogP contribution in [0.4, 0.5) is 5.82 Å². The van der Waals surface area contributed by atoms with E-state index < -0.39 is 0 Å². The van der Waals surface area contributed by atoms with Crippen LogP contribution >= 0.6 is 0 Å². The summed E-state index contributed by atoms with van der Waals surface area (Å²) in [5.74, 6) is 1.62. The number of hydrogen-bond donors (Lipinski definition) is 0. The third kappa shape index (κ3) is 3.52. The van der Waals surface area contributed by atoms with E-state index in [1.54, 1.807) is 12.3 Å². The smallest absolute Gasteiger partial charge is 0.129 e. The van der Waals surface area contributed by atoms with Crippen molar-refractivity contribution >= 4 is 5.82 Å². The van der Waals surface area contributed by atoms with E-state index >= 15 is 0 Å². The average Bonchev–Trinajstić information content (AvgIpc) is 3.60. The fourth-order valence-electron chi connectivity index (χ4n) is 5.33. The minimum Gasteiger partial charge on any atom is -0.357 e. The van der Waals surface area contributed by atoms with Crippen LogP contribution in [0, 0.1) is 16.7 Å². The van der Waals surface area contributed by atoms with E-state index in [1.807, 2.05) is 6.07 Å². The van der Waals surface area contributed by atoms with Crippen molar-refractivity contribution in [2.75, 3.05) is 31.1 Å². The van der Waals surface area contributed by atoms with Crippen LogP contribution in [-0.4, -0.2) is 42.1 Å².